The lowest BCUT2D eigenvalue weighted by Crippen LogP contribution is -2.17. The fraction of sp³-hybridized carbons (Fsp3) is 0.667. The van der Waals surface area contributed by atoms with Crippen molar-refractivity contribution >= 4 is 11.9 Å². The predicted octanol–water partition coefficient (Wildman–Crippen LogP) is -0.0175. The molecular formula is C9H18N6O. The molecule has 0 amide bonds. The minimum absolute atomic E-state index is 0.283. The first-order chi connectivity index (χ1) is 7.61. The van der Waals surface area contributed by atoms with E-state index in [1.54, 1.807) is 7.05 Å². The highest BCUT2D eigenvalue weighted by Gasteiger charge is 2.03. The van der Waals surface area contributed by atoms with Crippen molar-refractivity contribution in [3.05, 3.63) is 0 Å². The number of hydrogen-bond donors (Lipinski definition) is 3. The van der Waals surface area contributed by atoms with E-state index in [9.17, 15) is 5.11 Å². The summed E-state index contributed by atoms with van der Waals surface area (Å²) in [5, 5.41) is 15.0. The van der Waals surface area contributed by atoms with Crippen molar-refractivity contribution < 1.29 is 5.11 Å². The molecule has 0 atom stereocenters. The molecule has 0 saturated heterocycles. The Labute approximate surface area is 94.9 Å². The Morgan fingerprint density at radius 3 is 2.50 bits per heavy atom. The predicted molar refractivity (Wildman–Crippen MR) is 62.7 cm³/mol. The highest BCUT2D eigenvalue weighted by atomic mass is 16.3. The number of hydrogen-bond acceptors (Lipinski definition) is 7. The van der Waals surface area contributed by atoms with Gasteiger partial charge >= 0.3 is 6.01 Å². The molecule has 0 unspecified atom stereocenters. The number of aromatic nitrogens is 3. The Kier molecular flexibility index (Phi) is 4.71. The number of aromatic hydroxyl groups is 1. The van der Waals surface area contributed by atoms with E-state index >= 15 is 0 Å². The summed E-state index contributed by atoms with van der Waals surface area (Å²) < 4.78 is 0. The Morgan fingerprint density at radius 1 is 1.19 bits per heavy atom. The van der Waals surface area contributed by atoms with Gasteiger partial charge in [0.25, 0.3) is 0 Å². The van der Waals surface area contributed by atoms with Crippen LogP contribution in [0.2, 0.25) is 0 Å². The molecule has 1 rings (SSSR count). The molecule has 7 heteroatoms. The fourth-order valence-electron chi connectivity index (χ4n) is 1.15. The van der Waals surface area contributed by atoms with Crippen molar-refractivity contribution in [3.63, 3.8) is 0 Å². The van der Waals surface area contributed by atoms with Crippen molar-refractivity contribution in [2.45, 2.75) is 6.42 Å². The van der Waals surface area contributed by atoms with Gasteiger partial charge in [-0.15, -0.1) is 0 Å². The third-order valence-corrected chi connectivity index (χ3v) is 1.91. The molecule has 1 aromatic rings. The minimum Gasteiger partial charge on any atom is -0.479 e. The van der Waals surface area contributed by atoms with Crippen LogP contribution in [-0.4, -0.2) is 59.2 Å². The first-order valence-corrected chi connectivity index (χ1v) is 5.13. The number of rotatable bonds is 6. The lowest BCUT2D eigenvalue weighted by Gasteiger charge is -2.10. The fourth-order valence-corrected chi connectivity index (χ4v) is 1.15. The summed E-state index contributed by atoms with van der Waals surface area (Å²) in [4.78, 5) is 13.6. The smallest absolute Gasteiger partial charge is 0.320 e. The molecule has 0 aliphatic heterocycles. The van der Waals surface area contributed by atoms with E-state index in [1.807, 2.05) is 14.1 Å². The van der Waals surface area contributed by atoms with Crippen molar-refractivity contribution in [2.75, 3.05) is 44.9 Å². The van der Waals surface area contributed by atoms with E-state index in [1.165, 1.54) is 0 Å². The molecule has 7 nitrogen and oxygen atoms in total. The molecule has 16 heavy (non-hydrogen) atoms. The van der Waals surface area contributed by atoms with Crippen molar-refractivity contribution in [2.24, 2.45) is 0 Å². The van der Waals surface area contributed by atoms with Gasteiger partial charge in [0, 0.05) is 13.6 Å². The van der Waals surface area contributed by atoms with Crippen LogP contribution in [0.3, 0.4) is 0 Å². The van der Waals surface area contributed by atoms with E-state index in [2.05, 4.69) is 30.5 Å². The second kappa shape index (κ2) is 6.06. The first-order valence-electron chi connectivity index (χ1n) is 5.13. The standard InChI is InChI=1S/C9H18N6O/c1-10-7-12-8(14-9(16)13-7)11-5-4-6-15(2)3/h4-6H2,1-3H3,(H3,10,11,12,13,14,16). The molecule has 0 aromatic carbocycles. The van der Waals surface area contributed by atoms with Gasteiger partial charge in [0.15, 0.2) is 0 Å². The van der Waals surface area contributed by atoms with Crippen LogP contribution in [0.5, 0.6) is 6.01 Å². The van der Waals surface area contributed by atoms with Gasteiger partial charge in [-0.05, 0) is 27.1 Å². The van der Waals surface area contributed by atoms with Crippen molar-refractivity contribution in [1.29, 1.82) is 0 Å². The van der Waals surface area contributed by atoms with Crippen LogP contribution in [-0.2, 0) is 0 Å². The quantitative estimate of drug-likeness (QED) is 0.588. The molecule has 0 saturated carbocycles. The van der Waals surface area contributed by atoms with Gasteiger partial charge in [-0.25, -0.2) is 0 Å². The summed E-state index contributed by atoms with van der Waals surface area (Å²) >= 11 is 0. The van der Waals surface area contributed by atoms with Gasteiger partial charge in [-0.1, -0.05) is 0 Å². The lowest BCUT2D eigenvalue weighted by molar-refractivity contribution is 0.404. The summed E-state index contributed by atoms with van der Waals surface area (Å²) in [6, 6.07) is -0.283. The van der Waals surface area contributed by atoms with Crippen molar-refractivity contribution in [1.82, 2.24) is 19.9 Å². The van der Waals surface area contributed by atoms with Gasteiger partial charge in [-0.2, -0.15) is 15.0 Å². The molecule has 0 bridgehead atoms. The largest absolute Gasteiger partial charge is 0.479 e. The second-order valence-electron chi connectivity index (χ2n) is 3.62. The van der Waals surface area contributed by atoms with E-state index in [0.717, 1.165) is 19.5 Å². The second-order valence-corrected chi connectivity index (χ2v) is 3.62. The molecule has 90 valence electrons. The summed E-state index contributed by atoms with van der Waals surface area (Å²) in [5.41, 5.74) is 0. The molecule has 0 aliphatic carbocycles. The van der Waals surface area contributed by atoms with Gasteiger partial charge in [0.2, 0.25) is 11.9 Å². The third-order valence-electron chi connectivity index (χ3n) is 1.91. The monoisotopic (exact) mass is 226 g/mol. The average Bonchev–Trinajstić information content (AvgIpc) is 2.23. The van der Waals surface area contributed by atoms with Crippen LogP contribution in [0.4, 0.5) is 11.9 Å². The van der Waals surface area contributed by atoms with Gasteiger partial charge < -0.3 is 20.6 Å². The zero-order valence-electron chi connectivity index (χ0n) is 9.86. The van der Waals surface area contributed by atoms with Crippen molar-refractivity contribution in [3.8, 4) is 6.01 Å². The zero-order valence-corrected chi connectivity index (χ0v) is 9.86. The average molecular weight is 226 g/mol. The summed E-state index contributed by atoms with van der Waals surface area (Å²) in [6.07, 6.45) is 0.980. The van der Waals surface area contributed by atoms with E-state index < -0.39 is 0 Å². The van der Waals surface area contributed by atoms with E-state index in [0.29, 0.717) is 11.9 Å². The van der Waals surface area contributed by atoms with Gasteiger partial charge in [0.05, 0.1) is 0 Å². The summed E-state index contributed by atoms with van der Waals surface area (Å²) in [6.45, 7) is 1.74. The number of nitrogens with one attached hydrogen (secondary N) is 2. The van der Waals surface area contributed by atoms with Crippen LogP contribution < -0.4 is 10.6 Å². The van der Waals surface area contributed by atoms with Crippen LogP contribution in [0.25, 0.3) is 0 Å². The van der Waals surface area contributed by atoms with Crippen LogP contribution in [0.15, 0.2) is 0 Å². The maximum absolute atomic E-state index is 9.22. The highest BCUT2D eigenvalue weighted by molar-refractivity contribution is 5.34. The topological polar surface area (TPSA) is 86.2 Å². The Bertz CT molecular complexity index is 330. The van der Waals surface area contributed by atoms with E-state index in [4.69, 9.17) is 0 Å². The highest BCUT2D eigenvalue weighted by Crippen LogP contribution is 2.08. The Balaban J connectivity index is 2.44. The molecule has 0 fully saturated rings. The third kappa shape index (κ3) is 4.26. The van der Waals surface area contributed by atoms with Crippen LogP contribution in [0, 0.1) is 0 Å². The van der Waals surface area contributed by atoms with Gasteiger partial charge in [0.1, 0.15) is 0 Å². The first kappa shape index (κ1) is 12.4. The lowest BCUT2D eigenvalue weighted by atomic mass is 10.4. The maximum Gasteiger partial charge on any atom is 0.320 e. The molecule has 3 N–H and O–H groups in total. The Morgan fingerprint density at radius 2 is 1.88 bits per heavy atom. The molecule has 1 heterocycles. The van der Waals surface area contributed by atoms with E-state index in [-0.39, 0.29) is 6.01 Å². The normalized spacial score (nSPS) is 10.5. The Hall–Kier alpha value is -1.63. The van der Waals surface area contributed by atoms with Crippen LogP contribution in [0.1, 0.15) is 6.42 Å². The summed E-state index contributed by atoms with van der Waals surface area (Å²) in [5.74, 6) is 0.734. The SMILES string of the molecule is CNc1nc(O)nc(NCCCN(C)C)n1. The molecule has 0 radical (unpaired) electrons. The molecule has 0 spiro atoms. The number of nitrogens with zero attached hydrogens (tertiary/aromatic N) is 4. The zero-order chi connectivity index (χ0) is 12.0. The molecular weight excluding hydrogens is 208 g/mol. The van der Waals surface area contributed by atoms with Gasteiger partial charge in [-0.3, -0.25) is 0 Å². The summed E-state index contributed by atoms with van der Waals surface area (Å²) in [7, 11) is 5.73. The minimum atomic E-state index is -0.283. The molecule has 0 aliphatic rings. The maximum atomic E-state index is 9.22. The molecule has 1 aromatic heterocycles. The van der Waals surface area contributed by atoms with Crippen LogP contribution >= 0.6 is 0 Å². The number of anilines is 2.